The minimum absolute atomic E-state index is 0.0372. The molecule has 0 fully saturated rings. The van der Waals surface area contributed by atoms with Crippen LogP contribution in [0.3, 0.4) is 0 Å². The summed E-state index contributed by atoms with van der Waals surface area (Å²) in [5.74, 6) is -0.620. The van der Waals surface area contributed by atoms with Gasteiger partial charge in [-0.1, -0.05) is 74.3 Å². The van der Waals surface area contributed by atoms with Gasteiger partial charge in [0.1, 0.15) is 12.6 Å². The molecule has 1 N–H and O–H groups in total. The second-order valence-electron chi connectivity index (χ2n) is 10.4. The maximum absolute atomic E-state index is 14.1. The average Bonchev–Trinajstić information content (AvgIpc) is 2.94. The van der Waals surface area contributed by atoms with Crippen LogP contribution < -0.4 is 9.62 Å². The van der Waals surface area contributed by atoms with Crippen molar-refractivity contribution in [2.75, 3.05) is 17.4 Å². The zero-order chi connectivity index (χ0) is 30.3. The molecule has 41 heavy (non-hydrogen) atoms. The molecule has 0 aliphatic rings. The van der Waals surface area contributed by atoms with Gasteiger partial charge in [-0.05, 0) is 79.3 Å². The summed E-state index contributed by atoms with van der Waals surface area (Å²) >= 11 is 12.4. The van der Waals surface area contributed by atoms with Crippen molar-refractivity contribution in [1.29, 1.82) is 0 Å². The van der Waals surface area contributed by atoms with Gasteiger partial charge < -0.3 is 10.2 Å². The van der Waals surface area contributed by atoms with Gasteiger partial charge in [0.2, 0.25) is 11.8 Å². The van der Waals surface area contributed by atoms with E-state index in [-0.39, 0.29) is 23.3 Å². The van der Waals surface area contributed by atoms with E-state index in [1.54, 1.807) is 48.5 Å². The van der Waals surface area contributed by atoms with Crippen LogP contribution in [0.25, 0.3) is 0 Å². The Morgan fingerprint density at radius 2 is 1.59 bits per heavy atom. The van der Waals surface area contributed by atoms with E-state index in [1.165, 1.54) is 17.0 Å². The molecular weight excluding hydrogens is 581 g/mol. The summed E-state index contributed by atoms with van der Waals surface area (Å²) in [7, 11) is -4.12. The summed E-state index contributed by atoms with van der Waals surface area (Å²) in [5.41, 5.74) is 2.89. The maximum atomic E-state index is 14.1. The lowest BCUT2D eigenvalue weighted by Crippen LogP contribution is -2.52. The van der Waals surface area contributed by atoms with Gasteiger partial charge in [0, 0.05) is 13.1 Å². The van der Waals surface area contributed by atoms with E-state index >= 15 is 0 Å². The molecule has 7 nitrogen and oxygen atoms in total. The predicted molar refractivity (Wildman–Crippen MR) is 166 cm³/mol. The molecule has 0 aliphatic heterocycles. The Morgan fingerprint density at radius 1 is 0.902 bits per heavy atom. The van der Waals surface area contributed by atoms with Crippen molar-refractivity contribution in [3.8, 4) is 0 Å². The molecule has 0 heterocycles. The molecule has 0 aliphatic carbocycles. The molecule has 0 spiro atoms. The summed E-state index contributed by atoms with van der Waals surface area (Å²) in [6.07, 6.45) is 0.325. The van der Waals surface area contributed by atoms with Crippen molar-refractivity contribution in [2.45, 2.75) is 58.5 Å². The first kappa shape index (κ1) is 32.4. The fourth-order valence-electron chi connectivity index (χ4n) is 4.31. The largest absolute Gasteiger partial charge is 0.354 e. The normalized spacial score (nSPS) is 12.2. The number of carbonyl (C=O) groups is 2. The lowest BCUT2D eigenvalue weighted by molar-refractivity contribution is -0.140. The van der Waals surface area contributed by atoms with E-state index < -0.39 is 28.5 Å². The maximum Gasteiger partial charge on any atom is 0.264 e. The standard InChI is InChI=1S/C31H37Cl2N3O4S/c1-6-29(31(38)34-18-21(2)3)35(19-24-13-15-27(32)28(33)17-24)30(37)20-36(25-14-12-22(4)23(5)16-25)41(39,40)26-10-8-7-9-11-26/h7-17,21,29H,6,18-20H2,1-5H3,(H,34,38)/t29-/m1/s1. The smallest absolute Gasteiger partial charge is 0.264 e. The highest BCUT2D eigenvalue weighted by atomic mass is 35.5. The molecule has 220 valence electrons. The quantitative estimate of drug-likeness (QED) is 0.255. The van der Waals surface area contributed by atoms with Crippen LogP contribution in [0.1, 0.15) is 43.9 Å². The van der Waals surface area contributed by atoms with Gasteiger partial charge in [-0.3, -0.25) is 13.9 Å². The molecule has 1 atom stereocenters. The van der Waals surface area contributed by atoms with E-state index in [0.717, 1.165) is 15.4 Å². The Bertz CT molecular complexity index is 1480. The zero-order valence-electron chi connectivity index (χ0n) is 24.0. The Hall–Kier alpha value is -3.07. The van der Waals surface area contributed by atoms with Crippen LogP contribution in [0.4, 0.5) is 5.69 Å². The fraction of sp³-hybridized carbons (Fsp3) is 0.355. The second-order valence-corrected chi connectivity index (χ2v) is 13.1. The van der Waals surface area contributed by atoms with E-state index in [1.807, 2.05) is 40.7 Å². The Morgan fingerprint density at radius 3 is 2.17 bits per heavy atom. The summed E-state index contributed by atoms with van der Waals surface area (Å²) in [6, 6.07) is 17.4. The predicted octanol–water partition coefficient (Wildman–Crippen LogP) is 6.39. The van der Waals surface area contributed by atoms with Gasteiger partial charge in [0.05, 0.1) is 20.6 Å². The van der Waals surface area contributed by atoms with Crippen molar-refractivity contribution in [3.05, 3.63) is 93.5 Å². The van der Waals surface area contributed by atoms with E-state index in [9.17, 15) is 18.0 Å². The molecule has 0 bridgehead atoms. The fourth-order valence-corrected chi connectivity index (χ4v) is 6.05. The zero-order valence-corrected chi connectivity index (χ0v) is 26.4. The Labute approximate surface area is 253 Å². The molecule has 0 saturated heterocycles. The summed E-state index contributed by atoms with van der Waals surface area (Å²) in [6.45, 7) is 9.57. The highest BCUT2D eigenvalue weighted by molar-refractivity contribution is 7.92. The first-order valence-electron chi connectivity index (χ1n) is 13.5. The highest BCUT2D eigenvalue weighted by Gasteiger charge is 2.33. The lowest BCUT2D eigenvalue weighted by atomic mass is 10.1. The number of carbonyl (C=O) groups excluding carboxylic acids is 2. The van der Waals surface area contributed by atoms with Crippen molar-refractivity contribution in [2.24, 2.45) is 5.92 Å². The number of hydrogen-bond acceptors (Lipinski definition) is 4. The van der Waals surface area contributed by atoms with Crippen LogP contribution in [0.15, 0.2) is 71.6 Å². The van der Waals surface area contributed by atoms with Crippen LogP contribution >= 0.6 is 23.2 Å². The number of sulfonamides is 1. The summed E-state index contributed by atoms with van der Waals surface area (Å²) in [4.78, 5) is 28.9. The topological polar surface area (TPSA) is 86.8 Å². The molecule has 3 rings (SSSR count). The monoisotopic (exact) mass is 617 g/mol. The van der Waals surface area contributed by atoms with Gasteiger partial charge in [-0.15, -0.1) is 0 Å². The third-order valence-electron chi connectivity index (χ3n) is 6.80. The molecule has 3 aromatic carbocycles. The molecular formula is C31H37Cl2N3O4S. The minimum atomic E-state index is -4.12. The number of nitrogens with one attached hydrogen (secondary N) is 1. The number of halogens is 2. The SMILES string of the molecule is CC[C@H](C(=O)NCC(C)C)N(Cc1ccc(Cl)c(Cl)c1)C(=O)CN(c1ccc(C)c(C)c1)S(=O)(=O)c1ccccc1. The number of anilines is 1. The summed E-state index contributed by atoms with van der Waals surface area (Å²) in [5, 5.41) is 3.60. The number of nitrogens with zero attached hydrogens (tertiary/aromatic N) is 2. The molecule has 0 unspecified atom stereocenters. The number of amides is 2. The first-order valence-corrected chi connectivity index (χ1v) is 15.7. The van der Waals surface area contributed by atoms with E-state index in [2.05, 4.69) is 5.32 Å². The van der Waals surface area contributed by atoms with Crippen LogP contribution in [0.5, 0.6) is 0 Å². The molecule has 0 radical (unpaired) electrons. The lowest BCUT2D eigenvalue weighted by Gasteiger charge is -2.33. The van der Waals surface area contributed by atoms with Gasteiger partial charge in [0.15, 0.2) is 0 Å². The number of hydrogen-bond donors (Lipinski definition) is 1. The van der Waals surface area contributed by atoms with Gasteiger partial charge in [-0.25, -0.2) is 8.42 Å². The average molecular weight is 619 g/mol. The van der Waals surface area contributed by atoms with E-state index in [0.29, 0.717) is 34.3 Å². The molecule has 0 aromatic heterocycles. The second kappa shape index (κ2) is 14.2. The van der Waals surface area contributed by atoms with Gasteiger partial charge >= 0.3 is 0 Å². The van der Waals surface area contributed by atoms with Crippen molar-refractivity contribution in [1.82, 2.24) is 10.2 Å². The summed E-state index contributed by atoms with van der Waals surface area (Å²) < 4.78 is 29.0. The third kappa shape index (κ3) is 8.24. The molecule has 0 saturated carbocycles. The minimum Gasteiger partial charge on any atom is -0.354 e. The number of rotatable bonds is 12. The van der Waals surface area contributed by atoms with Crippen molar-refractivity contribution in [3.63, 3.8) is 0 Å². The van der Waals surface area contributed by atoms with Gasteiger partial charge in [-0.2, -0.15) is 0 Å². The number of benzene rings is 3. The highest BCUT2D eigenvalue weighted by Crippen LogP contribution is 2.28. The number of aryl methyl sites for hydroxylation is 2. The van der Waals surface area contributed by atoms with Crippen molar-refractivity contribution < 1.29 is 18.0 Å². The first-order chi connectivity index (χ1) is 19.3. The third-order valence-corrected chi connectivity index (χ3v) is 9.32. The van der Waals surface area contributed by atoms with Crippen molar-refractivity contribution >= 4 is 50.7 Å². The molecule has 10 heteroatoms. The molecule has 2 amide bonds. The van der Waals surface area contributed by atoms with Crippen LogP contribution in [0, 0.1) is 19.8 Å². The van der Waals surface area contributed by atoms with Gasteiger partial charge in [0.25, 0.3) is 10.0 Å². The Kier molecular flexibility index (Phi) is 11.2. The van der Waals surface area contributed by atoms with E-state index in [4.69, 9.17) is 23.2 Å². The van der Waals surface area contributed by atoms with Crippen LogP contribution in [0.2, 0.25) is 10.0 Å². The van der Waals surface area contributed by atoms with Crippen LogP contribution in [-0.2, 0) is 26.2 Å². The molecule has 3 aromatic rings. The van der Waals surface area contributed by atoms with Crippen LogP contribution in [-0.4, -0.2) is 44.3 Å². The Balaban J connectivity index is 2.07.